The average Bonchev–Trinajstić information content (AvgIpc) is 2.29. The molecule has 7 heteroatoms. The summed E-state index contributed by atoms with van der Waals surface area (Å²) in [4.78, 5) is 33.8. The fourth-order valence-electron chi connectivity index (χ4n) is 1.01. The number of nitrogens with zero attached hydrogens (tertiary/aromatic N) is 2. The minimum absolute atomic E-state index is 0.0385. The van der Waals surface area contributed by atoms with E-state index in [9.17, 15) is 14.4 Å². The highest BCUT2D eigenvalue weighted by Crippen LogP contribution is 1.96. The molecule has 102 valence electrons. The summed E-state index contributed by atoms with van der Waals surface area (Å²) in [5.41, 5.74) is 0.0385. The van der Waals surface area contributed by atoms with Crippen LogP contribution >= 0.6 is 0 Å². The summed E-state index contributed by atoms with van der Waals surface area (Å²) >= 11 is 0. The van der Waals surface area contributed by atoms with Gasteiger partial charge in [0.1, 0.15) is 12.1 Å². The SMILES string of the molecule is CCOC(=O)CC(=O)N(C)N=C(C)C(=O)OCC. The zero-order valence-electron chi connectivity index (χ0n) is 11.1. The van der Waals surface area contributed by atoms with Crippen LogP contribution in [0.5, 0.6) is 0 Å². The molecule has 0 aliphatic rings. The molecule has 0 aromatic carbocycles. The molecule has 0 fully saturated rings. The van der Waals surface area contributed by atoms with Crippen LogP contribution in [0.25, 0.3) is 0 Å². The number of amides is 1. The minimum Gasteiger partial charge on any atom is -0.466 e. The standard InChI is InChI=1S/C11H18N2O5/c1-5-17-10(15)7-9(14)13(4)12-8(3)11(16)18-6-2/h5-7H2,1-4H3. The second-order valence-corrected chi connectivity index (χ2v) is 3.31. The Morgan fingerprint density at radius 3 is 2.17 bits per heavy atom. The predicted octanol–water partition coefficient (Wildman–Crippen LogP) is 0.337. The summed E-state index contributed by atoms with van der Waals surface area (Å²) in [7, 11) is 1.35. The highest BCUT2D eigenvalue weighted by atomic mass is 16.5. The minimum atomic E-state index is -0.627. The Hall–Kier alpha value is -1.92. The molecule has 0 aromatic heterocycles. The fourth-order valence-corrected chi connectivity index (χ4v) is 1.01. The zero-order valence-corrected chi connectivity index (χ0v) is 11.1. The van der Waals surface area contributed by atoms with Crippen molar-refractivity contribution in [2.24, 2.45) is 5.10 Å². The van der Waals surface area contributed by atoms with E-state index in [1.165, 1.54) is 14.0 Å². The summed E-state index contributed by atoms with van der Waals surface area (Å²) < 4.78 is 9.33. The Kier molecular flexibility index (Phi) is 7.34. The predicted molar refractivity (Wildman–Crippen MR) is 63.8 cm³/mol. The van der Waals surface area contributed by atoms with Crippen molar-refractivity contribution in [1.29, 1.82) is 0 Å². The summed E-state index contributed by atoms with van der Waals surface area (Å²) in [6, 6.07) is 0. The smallest absolute Gasteiger partial charge is 0.354 e. The highest BCUT2D eigenvalue weighted by Gasteiger charge is 2.16. The van der Waals surface area contributed by atoms with E-state index in [0.717, 1.165) is 5.01 Å². The Morgan fingerprint density at radius 2 is 1.67 bits per heavy atom. The van der Waals surface area contributed by atoms with E-state index in [4.69, 9.17) is 4.74 Å². The second kappa shape index (κ2) is 8.21. The maximum Gasteiger partial charge on any atom is 0.354 e. The maximum atomic E-state index is 11.5. The van der Waals surface area contributed by atoms with Crippen molar-refractivity contribution in [2.45, 2.75) is 27.2 Å². The number of carbonyl (C=O) groups excluding carboxylic acids is 3. The van der Waals surface area contributed by atoms with Crippen LogP contribution in [0.4, 0.5) is 0 Å². The molecule has 1 amide bonds. The van der Waals surface area contributed by atoms with Crippen LogP contribution in [0.1, 0.15) is 27.2 Å². The number of rotatable bonds is 6. The lowest BCUT2D eigenvalue weighted by Gasteiger charge is -2.11. The summed E-state index contributed by atoms with van der Waals surface area (Å²) in [5.74, 6) is -1.79. The van der Waals surface area contributed by atoms with Gasteiger partial charge in [0.15, 0.2) is 0 Å². The molecular weight excluding hydrogens is 240 g/mol. The van der Waals surface area contributed by atoms with E-state index < -0.39 is 24.3 Å². The van der Waals surface area contributed by atoms with Gasteiger partial charge < -0.3 is 9.47 Å². The zero-order chi connectivity index (χ0) is 14.1. The monoisotopic (exact) mass is 258 g/mol. The van der Waals surface area contributed by atoms with Gasteiger partial charge in [-0.25, -0.2) is 9.80 Å². The molecule has 0 atom stereocenters. The van der Waals surface area contributed by atoms with Crippen molar-refractivity contribution in [3.8, 4) is 0 Å². The van der Waals surface area contributed by atoms with Gasteiger partial charge >= 0.3 is 11.9 Å². The number of hydrazone groups is 1. The van der Waals surface area contributed by atoms with Crippen LogP contribution in [0, 0.1) is 0 Å². The van der Waals surface area contributed by atoms with Crippen molar-refractivity contribution in [2.75, 3.05) is 20.3 Å². The first-order chi connectivity index (χ1) is 8.42. The first-order valence-corrected chi connectivity index (χ1v) is 5.56. The van der Waals surface area contributed by atoms with Crippen molar-refractivity contribution < 1.29 is 23.9 Å². The number of esters is 2. The van der Waals surface area contributed by atoms with Gasteiger partial charge in [-0.3, -0.25) is 9.59 Å². The molecule has 0 N–H and O–H groups in total. The van der Waals surface area contributed by atoms with Crippen LogP contribution in [0.3, 0.4) is 0 Å². The third kappa shape index (κ3) is 5.97. The Labute approximate surface area is 106 Å². The molecule has 0 rings (SSSR count). The van der Waals surface area contributed by atoms with Crippen LogP contribution in [-0.4, -0.2) is 48.8 Å². The molecule has 0 aromatic rings. The molecular formula is C11H18N2O5. The maximum absolute atomic E-state index is 11.5. The molecule has 0 saturated heterocycles. The molecule has 0 saturated carbocycles. The van der Waals surface area contributed by atoms with Crippen LogP contribution in [0.2, 0.25) is 0 Å². The lowest BCUT2D eigenvalue weighted by atomic mass is 10.4. The molecule has 0 aliphatic heterocycles. The number of ether oxygens (including phenoxy) is 2. The van der Waals surface area contributed by atoms with E-state index in [2.05, 4.69) is 9.84 Å². The van der Waals surface area contributed by atoms with E-state index in [1.54, 1.807) is 13.8 Å². The van der Waals surface area contributed by atoms with Crippen molar-refractivity contribution in [1.82, 2.24) is 5.01 Å². The molecule has 0 unspecified atom stereocenters. The van der Waals surface area contributed by atoms with E-state index >= 15 is 0 Å². The van der Waals surface area contributed by atoms with Crippen molar-refractivity contribution in [3.05, 3.63) is 0 Å². The average molecular weight is 258 g/mol. The molecule has 7 nitrogen and oxygen atoms in total. The molecule has 0 radical (unpaired) electrons. The molecule has 0 spiro atoms. The number of hydrogen-bond acceptors (Lipinski definition) is 6. The normalized spacial score (nSPS) is 10.8. The highest BCUT2D eigenvalue weighted by molar-refractivity contribution is 6.35. The summed E-state index contributed by atoms with van der Waals surface area (Å²) in [6.45, 7) is 5.18. The molecule has 0 heterocycles. The van der Waals surface area contributed by atoms with Gasteiger partial charge in [-0.15, -0.1) is 0 Å². The summed E-state index contributed by atoms with van der Waals surface area (Å²) in [5, 5.41) is 4.65. The Morgan fingerprint density at radius 1 is 1.11 bits per heavy atom. The van der Waals surface area contributed by atoms with Crippen LogP contribution in [-0.2, 0) is 23.9 Å². The quantitative estimate of drug-likeness (QED) is 0.297. The van der Waals surface area contributed by atoms with Gasteiger partial charge in [0.25, 0.3) is 5.91 Å². The Bertz CT molecular complexity index is 351. The first kappa shape index (κ1) is 16.1. The lowest BCUT2D eigenvalue weighted by Crippen LogP contribution is -2.27. The van der Waals surface area contributed by atoms with Crippen molar-refractivity contribution >= 4 is 23.6 Å². The first-order valence-electron chi connectivity index (χ1n) is 5.56. The van der Waals surface area contributed by atoms with Gasteiger partial charge in [0, 0.05) is 7.05 Å². The topological polar surface area (TPSA) is 85.3 Å². The van der Waals surface area contributed by atoms with E-state index in [-0.39, 0.29) is 18.9 Å². The third-order valence-corrected chi connectivity index (χ3v) is 1.83. The van der Waals surface area contributed by atoms with Gasteiger partial charge in [-0.2, -0.15) is 5.10 Å². The van der Waals surface area contributed by atoms with Gasteiger partial charge in [-0.05, 0) is 20.8 Å². The molecule has 18 heavy (non-hydrogen) atoms. The van der Waals surface area contributed by atoms with E-state index in [1.807, 2.05) is 0 Å². The molecule has 0 aliphatic carbocycles. The van der Waals surface area contributed by atoms with Crippen LogP contribution in [0.15, 0.2) is 5.10 Å². The molecule has 0 bridgehead atoms. The fraction of sp³-hybridized carbons (Fsp3) is 0.636. The number of carbonyl (C=O) groups is 3. The van der Waals surface area contributed by atoms with Crippen LogP contribution < -0.4 is 0 Å². The Balaban J connectivity index is 4.42. The van der Waals surface area contributed by atoms with Gasteiger partial charge in [0.05, 0.1) is 13.2 Å². The lowest BCUT2D eigenvalue weighted by molar-refractivity contribution is -0.148. The second-order valence-electron chi connectivity index (χ2n) is 3.31. The van der Waals surface area contributed by atoms with Crippen molar-refractivity contribution in [3.63, 3.8) is 0 Å². The van der Waals surface area contributed by atoms with E-state index in [0.29, 0.717) is 0 Å². The third-order valence-electron chi connectivity index (χ3n) is 1.83. The van der Waals surface area contributed by atoms with Gasteiger partial charge in [-0.1, -0.05) is 0 Å². The summed E-state index contributed by atoms with van der Waals surface area (Å²) in [6.07, 6.45) is -0.413. The van der Waals surface area contributed by atoms with Gasteiger partial charge in [0.2, 0.25) is 0 Å². The largest absolute Gasteiger partial charge is 0.466 e. The number of hydrogen-bond donors (Lipinski definition) is 0.